The molecule has 0 aliphatic carbocycles. The van der Waals surface area contributed by atoms with Gasteiger partial charge in [0.25, 0.3) is 0 Å². The van der Waals surface area contributed by atoms with Crippen LogP contribution in [0.2, 0.25) is 0 Å². The molecule has 92 valence electrons. The zero-order chi connectivity index (χ0) is 13.0. The second-order valence-corrected chi connectivity index (χ2v) is 3.82. The molecule has 0 spiro atoms. The number of benzene rings is 1. The predicted octanol–water partition coefficient (Wildman–Crippen LogP) is 1.93. The number of aliphatic hydroxyl groups is 1. The summed E-state index contributed by atoms with van der Waals surface area (Å²) >= 11 is 0. The first-order chi connectivity index (χ1) is 8.74. The molecule has 1 aromatic carbocycles. The van der Waals surface area contributed by atoms with Crippen LogP contribution in [0.4, 0.5) is 5.88 Å². The van der Waals surface area contributed by atoms with E-state index in [0.717, 1.165) is 11.1 Å². The maximum Gasteiger partial charge on any atom is 0.232 e. The van der Waals surface area contributed by atoms with Crippen molar-refractivity contribution >= 4 is 5.88 Å². The van der Waals surface area contributed by atoms with E-state index >= 15 is 0 Å². The average Bonchev–Trinajstić information content (AvgIpc) is 2.80. The van der Waals surface area contributed by atoms with Crippen molar-refractivity contribution in [2.45, 2.75) is 6.92 Å². The lowest BCUT2D eigenvalue weighted by Gasteiger charge is -1.98. The van der Waals surface area contributed by atoms with Crippen LogP contribution in [-0.2, 0) is 0 Å². The van der Waals surface area contributed by atoms with E-state index in [4.69, 9.17) is 14.8 Å². The van der Waals surface area contributed by atoms with E-state index in [9.17, 15) is 0 Å². The summed E-state index contributed by atoms with van der Waals surface area (Å²) in [5.74, 6) is 0.689. The van der Waals surface area contributed by atoms with E-state index in [1.807, 2.05) is 37.3 Å². The van der Waals surface area contributed by atoms with Crippen molar-refractivity contribution in [2.24, 2.45) is 0 Å². The highest BCUT2D eigenvalue weighted by molar-refractivity contribution is 5.59. The Kier molecular flexibility index (Phi) is 3.60. The van der Waals surface area contributed by atoms with Gasteiger partial charge in [-0.15, -0.1) is 0 Å². The summed E-state index contributed by atoms with van der Waals surface area (Å²) < 4.78 is 5.48. The maximum absolute atomic E-state index is 8.95. The molecule has 1 aromatic heterocycles. The molecule has 0 aliphatic heterocycles. The Morgan fingerprint density at radius 2 is 2.11 bits per heavy atom. The molecule has 2 aromatic rings. The van der Waals surface area contributed by atoms with Gasteiger partial charge in [0.1, 0.15) is 6.07 Å². The molecule has 0 saturated heterocycles. The normalized spacial score (nSPS) is 10.1. The highest BCUT2D eigenvalue weighted by atomic mass is 16.4. The number of nitrogens with zero attached hydrogens (tertiary/aromatic N) is 2. The fourth-order valence-corrected chi connectivity index (χ4v) is 1.50. The summed E-state index contributed by atoms with van der Waals surface area (Å²) in [4.78, 5) is 4.11. The third-order valence-corrected chi connectivity index (χ3v) is 2.43. The van der Waals surface area contributed by atoms with E-state index in [0.29, 0.717) is 18.3 Å². The minimum absolute atomic E-state index is 0.0363. The zero-order valence-corrected chi connectivity index (χ0v) is 9.97. The Hall–Kier alpha value is -2.32. The number of aryl methyl sites for hydroxylation is 1. The number of anilines is 1. The van der Waals surface area contributed by atoms with Crippen molar-refractivity contribution in [3.63, 3.8) is 0 Å². The molecule has 0 fully saturated rings. The van der Waals surface area contributed by atoms with Crippen LogP contribution in [0.25, 0.3) is 11.5 Å². The SMILES string of the molecule is Cc1ccc(-c2nc(C#N)c(NCCO)o2)cc1. The van der Waals surface area contributed by atoms with Gasteiger partial charge in [-0.25, -0.2) is 0 Å². The Morgan fingerprint density at radius 3 is 2.72 bits per heavy atom. The van der Waals surface area contributed by atoms with Crippen molar-refractivity contribution in [1.29, 1.82) is 5.26 Å². The number of hydrogen-bond donors (Lipinski definition) is 2. The van der Waals surface area contributed by atoms with Crippen LogP contribution < -0.4 is 5.32 Å². The number of aliphatic hydroxyl groups excluding tert-OH is 1. The van der Waals surface area contributed by atoms with Crippen LogP contribution in [0.5, 0.6) is 0 Å². The molecule has 1 heterocycles. The Balaban J connectivity index is 2.32. The Morgan fingerprint density at radius 1 is 1.39 bits per heavy atom. The molecule has 5 heteroatoms. The van der Waals surface area contributed by atoms with E-state index < -0.39 is 0 Å². The number of oxazole rings is 1. The van der Waals surface area contributed by atoms with Crippen molar-refractivity contribution in [3.05, 3.63) is 35.5 Å². The molecule has 0 amide bonds. The van der Waals surface area contributed by atoms with Gasteiger partial charge in [0.05, 0.1) is 6.61 Å². The summed E-state index contributed by atoms with van der Waals surface area (Å²) in [6.45, 7) is 2.27. The fourth-order valence-electron chi connectivity index (χ4n) is 1.50. The molecule has 0 bridgehead atoms. The molecule has 0 atom stereocenters. The molecule has 0 radical (unpaired) electrons. The van der Waals surface area contributed by atoms with Crippen molar-refractivity contribution in [3.8, 4) is 17.5 Å². The number of nitrogens with one attached hydrogen (secondary N) is 1. The van der Waals surface area contributed by atoms with Gasteiger partial charge in [-0.1, -0.05) is 17.7 Å². The lowest BCUT2D eigenvalue weighted by Crippen LogP contribution is -2.05. The van der Waals surface area contributed by atoms with Gasteiger partial charge in [0.2, 0.25) is 17.5 Å². The van der Waals surface area contributed by atoms with Crippen LogP contribution >= 0.6 is 0 Å². The first-order valence-corrected chi connectivity index (χ1v) is 5.57. The molecule has 2 rings (SSSR count). The number of aromatic nitrogens is 1. The largest absolute Gasteiger partial charge is 0.419 e. The van der Waals surface area contributed by atoms with E-state index in [1.165, 1.54) is 0 Å². The molecule has 0 aliphatic rings. The first-order valence-electron chi connectivity index (χ1n) is 5.57. The minimum Gasteiger partial charge on any atom is -0.419 e. The van der Waals surface area contributed by atoms with Gasteiger partial charge in [0.15, 0.2) is 0 Å². The van der Waals surface area contributed by atoms with Crippen LogP contribution in [0.1, 0.15) is 11.3 Å². The monoisotopic (exact) mass is 243 g/mol. The molecule has 18 heavy (non-hydrogen) atoms. The number of hydrogen-bond acceptors (Lipinski definition) is 5. The Labute approximate surface area is 105 Å². The van der Waals surface area contributed by atoms with Gasteiger partial charge in [-0.2, -0.15) is 10.2 Å². The fraction of sp³-hybridized carbons (Fsp3) is 0.231. The quantitative estimate of drug-likeness (QED) is 0.857. The second kappa shape index (κ2) is 5.34. The maximum atomic E-state index is 8.95. The summed E-state index contributed by atoms with van der Waals surface area (Å²) in [6.07, 6.45) is 0. The standard InChI is InChI=1S/C13H13N3O2/c1-9-2-4-10(5-3-9)12-16-11(8-14)13(18-12)15-6-7-17/h2-5,15,17H,6-7H2,1H3. The van der Waals surface area contributed by atoms with Crippen molar-refractivity contribution < 1.29 is 9.52 Å². The summed E-state index contributed by atoms with van der Waals surface area (Å²) in [5.41, 5.74) is 2.15. The lowest BCUT2D eigenvalue weighted by atomic mass is 10.1. The van der Waals surface area contributed by atoms with Gasteiger partial charge in [-0.05, 0) is 19.1 Å². The van der Waals surface area contributed by atoms with Crippen molar-refractivity contribution in [2.75, 3.05) is 18.5 Å². The number of nitriles is 1. The highest BCUT2D eigenvalue weighted by Crippen LogP contribution is 2.25. The van der Waals surface area contributed by atoms with Crippen LogP contribution in [-0.4, -0.2) is 23.2 Å². The second-order valence-electron chi connectivity index (χ2n) is 3.82. The van der Waals surface area contributed by atoms with Gasteiger partial charge in [-0.3, -0.25) is 0 Å². The highest BCUT2D eigenvalue weighted by Gasteiger charge is 2.13. The smallest absolute Gasteiger partial charge is 0.232 e. The predicted molar refractivity (Wildman–Crippen MR) is 67.0 cm³/mol. The van der Waals surface area contributed by atoms with Gasteiger partial charge < -0.3 is 14.8 Å². The molecule has 5 nitrogen and oxygen atoms in total. The van der Waals surface area contributed by atoms with Gasteiger partial charge in [0, 0.05) is 12.1 Å². The summed E-state index contributed by atoms with van der Waals surface area (Å²) in [7, 11) is 0. The minimum atomic E-state index is -0.0363. The van der Waals surface area contributed by atoms with Crippen molar-refractivity contribution in [1.82, 2.24) is 4.98 Å². The lowest BCUT2D eigenvalue weighted by molar-refractivity contribution is 0.310. The first kappa shape index (κ1) is 12.1. The molecular formula is C13H13N3O2. The zero-order valence-electron chi connectivity index (χ0n) is 9.97. The van der Waals surface area contributed by atoms with Crippen LogP contribution in [0, 0.1) is 18.3 Å². The van der Waals surface area contributed by atoms with Crippen LogP contribution in [0.15, 0.2) is 28.7 Å². The number of rotatable bonds is 4. The molecule has 0 unspecified atom stereocenters. The molecule has 0 saturated carbocycles. The van der Waals surface area contributed by atoms with Crippen LogP contribution in [0.3, 0.4) is 0 Å². The molecular weight excluding hydrogens is 230 g/mol. The third kappa shape index (κ3) is 2.50. The average molecular weight is 243 g/mol. The van der Waals surface area contributed by atoms with E-state index in [1.54, 1.807) is 0 Å². The van der Waals surface area contributed by atoms with E-state index in [-0.39, 0.29) is 12.3 Å². The third-order valence-electron chi connectivity index (χ3n) is 2.43. The van der Waals surface area contributed by atoms with E-state index in [2.05, 4.69) is 10.3 Å². The molecule has 2 N–H and O–H groups in total. The topological polar surface area (TPSA) is 82.1 Å². The Bertz CT molecular complexity index is 567. The van der Waals surface area contributed by atoms with Gasteiger partial charge >= 0.3 is 0 Å². The summed E-state index contributed by atoms with van der Waals surface area (Å²) in [6, 6.07) is 9.63. The summed E-state index contributed by atoms with van der Waals surface area (Å²) in [5, 5.41) is 20.5.